The lowest BCUT2D eigenvalue weighted by atomic mass is 9.87. The zero-order valence-electron chi connectivity index (χ0n) is 22.1. The molecular formula is C27H33ClN4O5S2. The molecule has 1 saturated heterocycles. The second-order valence-corrected chi connectivity index (χ2v) is 13.9. The fourth-order valence-electron chi connectivity index (χ4n) is 4.61. The number of halogens is 1. The summed E-state index contributed by atoms with van der Waals surface area (Å²) in [7, 11) is -8.24. The van der Waals surface area contributed by atoms with Crippen LogP contribution in [0.5, 0.6) is 0 Å². The lowest BCUT2D eigenvalue weighted by Crippen LogP contribution is -2.61. The number of carbonyl (C=O) groups excluding carboxylic acids is 1. The summed E-state index contributed by atoms with van der Waals surface area (Å²) in [5.74, 6) is -0.606. The van der Waals surface area contributed by atoms with Crippen LogP contribution in [0.1, 0.15) is 26.3 Å². The van der Waals surface area contributed by atoms with Crippen LogP contribution >= 0.6 is 12.4 Å². The molecule has 9 nitrogen and oxygen atoms in total. The standard InChI is InChI=1S/C27H32N4O5S2.ClH/c1-5-15-29-26(32)22-19-30(37(33,34)23-13-7-6-12-21(23)27(2,3)4)17-18-31(22)38(35,36)24-14-8-10-20-11-9-16-28-25(20)24;/h5-14,16,22H,1,15,17-19H2,2-4H3,(H,29,32);1H/t22-;/m1./s1. The van der Waals surface area contributed by atoms with E-state index in [9.17, 15) is 21.6 Å². The lowest BCUT2D eigenvalue weighted by Gasteiger charge is -2.39. The molecule has 3 aromatic rings. The molecule has 0 unspecified atom stereocenters. The summed E-state index contributed by atoms with van der Waals surface area (Å²) in [6.07, 6.45) is 2.98. The quantitative estimate of drug-likeness (QED) is 0.421. The van der Waals surface area contributed by atoms with Gasteiger partial charge in [-0.15, -0.1) is 19.0 Å². The highest BCUT2D eigenvalue weighted by Crippen LogP contribution is 2.33. The predicted molar refractivity (Wildman–Crippen MR) is 154 cm³/mol. The number of benzene rings is 2. The van der Waals surface area contributed by atoms with Crippen LogP contribution in [-0.2, 0) is 30.3 Å². The molecule has 0 spiro atoms. The van der Waals surface area contributed by atoms with Crippen molar-refractivity contribution in [3.63, 3.8) is 0 Å². The minimum atomic E-state index is -4.21. The summed E-state index contributed by atoms with van der Waals surface area (Å²) in [6.45, 7) is 8.84. The van der Waals surface area contributed by atoms with E-state index in [4.69, 9.17) is 0 Å². The normalized spacial score (nSPS) is 17.4. The molecule has 2 aromatic carbocycles. The predicted octanol–water partition coefficient (Wildman–Crippen LogP) is 3.32. The van der Waals surface area contributed by atoms with Crippen molar-refractivity contribution < 1.29 is 21.6 Å². The van der Waals surface area contributed by atoms with Crippen molar-refractivity contribution in [1.29, 1.82) is 0 Å². The first-order valence-corrected chi connectivity index (χ1v) is 15.1. The summed E-state index contributed by atoms with van der Waals surface area (Å²) < 4.78 is 57.8. The van der Waals surface area contributed by atoms with E-state index in [1.165, 1.54) is 22.6 Å². The van der Waals surface area contributed by atoms with Crippen LogP contribution in [0.4, 0.5) is 0 Å². The Morgan fingerprint density at radius 2 is 1.67 bits per heavy atom. The van der Waals surface area contributed by atoms with Gasteiger partial charge in [-0.25, -0.2) is 16.8 Å². The molecule has 2 heterocycles. The maximum absolute atomic E-state index is 13.9. The average molecular weight is 593 g/mol. The molecule has 39 heavy (non-hydrogen) atoms. The van der Waals surface area contributed by atoms with Gasteiger partial charge in [-0.05, 0) is 29.2 Å². The molecule has 0 saturated carbocycles. The third-order valence-corrected chi connectivity index (χ3v) is 10.4. The number of piperazine rings is 1. The number of nitrogens with zero attached hydrogens (tertiary/aromatic N) is 3. The van der Waals surface area contributed by atoms with Gasteiger partial charge >= 0.3 is 0 Å². The van der Waals surface area contributed by atoms with Crippen molar-refractivity contribution in [3.05, 3.63) is 79.0 Å². The van der Waals surface area contributed by atoms with Gasteiger partial charge in [-0.2, -0.15) is 8.61 Å². The van der Waals surface area contributed by atoms with Gasteiger partial charge < -0.3 is 5.32 Å². The summed E-state index contributed by atoms with van der Waals surface area (Å²) in [6, 6.07) is 13.8. The number of rotatable bonds is 7. The van der Waals surface area contributed by atoms with Crippen molar-refractivity contribution in [3.8, 4) is 0 Å². The second-order valence-electron chi connectivity index (χ2n) is 10.1. The van der Waals surface area contributed by atoms with E-state index in [1.54, 1.807) is 48.5 Å². The minimum Gasteiger partial charge on any atom is -0.351 e. The molecule has 1 aliphatic heterocycles. The first-order valence-electron chi connectivity index (χ1n) is 12.2. The van der Waals surface area contributed by atoms with E-state index in [0.29, 0.717) is 10.9 Å². The van der Waals surface area contributed by atoms with Gasteiger partial charge in [-0.3, -0.25) is 9.78 Å². The summed E-state index contributed by atoms with van der Waals surface area (Å²) in [5.41, 5.74) is 0.482. The topological polar surface area (TPSA) is 117 Å². The molecule has 1 fully saturated rings. The molecular weight excluding hydrogens is 560 g/mol. The number of hydrogen-bond acceptors (Lipinski definition) is 6. The number of sulfonamides is 2. The van der Waals surface area contributed by atoms with Crippen molar-refractivity contribution >= 4 is 49.3 Å². The maximum Gasteiger partial charge on any atom is 0.246 e. The van der Waals surface area contributed by atoms with E-state index < -0.39 is 37.4 Å². The maximum atomic E-state index is 13.9. The Kier molecular flexibility index (Phi) is 9.24. The second kappa shape index (κ2) is 11.7. The van der Waals surface area contributed by atoms with Crippen molar-refractivity contribution in [2.45, 2.75) is 42.0 Å². The van der Waals surface area contributed by atoms with Gasteiger partial charge in [0.05, 0.1) is 10.4 Å². The molecule has 210 valence electrons. The number of para-hydroxylation sites is 1. The van der Waals surface area contributed by atoms with Gasteiger partial charge in [0.15, 0.2) is 0 Å². The van der Waals surface area contributed by atoms with E-state index in [1.807, 2.05) is 20.8 Å². The Hall–Kier alpha value is -2.83. The molecule has 0 radical (unpaired) electrons. The molecule has 1 aromatic heterocycles. The van der Waals surface area contributed by atoms with E-state index in [2.05, 4.69) is 16.9 Å². The Bertz CT molecular complexity index is 1580. The highest BCUT2D eigenvalue weighted by atomic mass is 35.5. The molecule has 4 rings (SSSR count). The Morgan fingerprint density at radius 3 is 2.36 bits per heavy atom. The zero-order valence-corrected chi connectivity index (χ0v) is 24.5. The van der Waals surface area contributed by atoms with Crippen LogP contribution < -0.4 is 5.32 Å². The monoisotopic (exact) mass is 592 g/mol. The third-order valence-electron chi connectivity index (χ3n) is 6.51. The number of fused-ring (bicyclic) bond motifs is 1. The van der Waals surface area contributed by atoms with Crippen molar-refractivity contribution in [2.24, 2.45) is 0 Å². The molecule has 1 atom stereocenters. The van der Waals surface area contributed by atoms with Crippen LogP contribution in [0.15, 0.2) is 83.2 Å². The van der Waals surface area contributed by atoms with E-state index >= 15 is 0 Å². The van der Waals surface area contributed by atoms with Gasteiger partial charge in [0.25, 0.3) is 0 Å². The van der Waals surface area contributed by atoms with Crippen LogP contribution in [-0.4, -0.2) is 68.6 Å². The number of hydrogen-bond donors (Lipinski definition) is 1. The van der Waals surface area contributed by atoms with Crippen LogP contribution in [0.25, 0.3) is 10.9 Å². The highest BCUT2D eigenvalue weighted by Gasteiger charge is 2.44. The number of amides is 1. The fraction of sp³-hybridized carbons (Fsp3) is 0.333. The summed E-state index contributed by atoms with van der Waals surface area (Å²) in [5, 5.41) is 3.28. The summed E-state index contributed by atoms with van der Waals surface area (Å²) >= 11 is 0. The van der Waals surface area contributed by atoms with Gasteiger partial charge in [0.2, 0.25) is 26.0 Å². The molecule has 1 N–H and O–H groups in total. The Morgan fingerprint density at radius 1 is 1.00 bits per heavy atom. The van der Waals surface area contributed by atoms with Crippen molar-refractivity contribution in [2.75, 3.05) is 26.2 Å². The van der Waals surface area contributed by atoms with Crippen LogP contribution in [0, 0.1) is 0 Å². The number of pyridine rings is 1. The fourth-order valence-corrected chi connectivity index (χ4v) is 8.19. The number of carbonyl (C=O) groups is 1. The lowest BCUT2D eigenvalue weighted by molar-refractivity contribution is -0.125. The SMILES string of the molecule is C=CCNC(=O)[C@H]1CN(S(=O)(=O)c2ccccc2C(C)(C)C)CCN1S(=O)(=O)c1cccc2cccnc12.Cl. The molecule has 12 heteroatoms. The number of nitrogens with one attached hydrogen (secondary N) is 1. The molecule has 0 bridgehead atoms. The Labute approximate surface area is 236 Å². The first kappa shape index (κ1) is 30.7. The van der Waals surface area contributed by atoms with Gasteiger partial charge in [0, 0.05) is 37.8 Å². The molecule has 0 aliphatic carbocycles. The largest absolute Gasteiger partial charge is 0.351 e. The zero-order chi connectivity index (χ0) is 27.7. The van der Waals surface area contributed by atoms with Crippen LogP contribution in [0.3, 0.4) is 0 Å². The smallest absolute Gasteiger partial charge is 0.246 e. The van der Waals surface area contributed by atoms with E-state index in [-0.39, 0.29) is 53.9 Å². The highest BCUT2D eigenvalue weighted by molar-refractivity contribution is 7.89. The van der Waals surface area contributed by atoms with E-state index in [0.717, 1.165) is 4.31 Å². The molecule has 1 aliphatic rings. The van der Waals surface area contributed by atoms with Crippen LogP contribution in [0.2, 0.25) is 0 Å². The average Bonchev–Trinajstić information content (AvgIpc) is 2.90. The summed E-state index contributed by atoms with van der Waals surface area (Å²) in [4.78, 5) is 17.6. The van der Waals surface area contributed by atoms with Gasteiger partial charge in [-0.1, -0.05) is 63.2 Å². The van der Waals surface area contributed by atoms with Crippen molar-refractivity contribution in [1.82, 2.24) is 18.9 Å². The third kappa shape index (κ3) is 6.02. The minimum absolute atomic E-state index is 0. The number of aromatic nitrogens is 1. The first-order chi connectivity index (χ1) is 17.9. The van der Waals surface area contributed by atoms with Gasteiger partial charge in [0.1, 0.15) is 10.9 Å². The Balaban J connectivity index is 0.00000420. The molecule has 1 amide bonds.